The zero-order chi connectivity index (χ0) is 16.9. The topological polar surface area (TPSA) is 59.3 Å². The molecule has 2 unspecified atom stereocenters. The number of carbonyl (C=O) groups excluding carboxylic acids is 1. The Morgan fingerprint density at radius 3 is 2.29 bits per heavy atom. The fourth-order valence-electron chi connectivity index (χ4n) is 2.43. The summed E-state index contributed by atoms with van der Waals surface area (Å²) in [5, 5.41) is 2.99. The Labute approximate surface area is 143 Å². The molecule has 1 aromatic heterocycles. The Morgan fingerprint density at radius 1 is 1.00 bits per heavy atom. The Bertz CT molecular complexity index is 827. The van der Waals surface area contributed by atoms with Crippen LogP contribution in [-0.2, 0) is 10.8 Å². The minimum absolute atomic E-state index is 0.214. The summed E-state index contributed by atoms with van der Waals surface area (Å²) >= 11 is 0. The molecule has 3 aromatic rings. The van der Waals surface area contributed by atoms with Crippen molar-refractivity contribution < 1.29 is 13.4 Å². The molecule has 0 aliphatic carbocycles. The number of furan rings is 1. The van der Waals surface area contributed by atoms with Gasteiger partial charge >= 0.3 is 0 Å². The van der Waals surface area contributed by atoms with E-state index in [0.29, 0.717) is 16.2 Å². The van der Waals surface area contributed by atoms with Crippen molar-refractivity contribution in [2.45, 2.75) is 10.9 Å². The van der Waals surface area contributed by atoms with Gasteiger partial charge in [0.25, 0.3) is 5.91 Å². The van der Waals surface area contributed by atoms with E-state index in [2.05, 4.69) is 5.32 Å². The lowest BCUT2D eigenvalue weighted by atomic mass is 10.0. The predicted octanol–water partition coefficient (Wildman–Crippen LogP) is 3.54. The van der Waals surface area contributed by atoms with Gasteiger partial charge < -0.3 is 9.73 Å². The first-order valence-electron chi connectivity index (χ1n) is 7.48. The van der Waals surface area contributed by atoms with E-state index in [4.69, 9.17) is 4.42 Å². The number of hydrogen-bond donors (Lipinski definition) is 1. The van der Waals surface area contributed by atoms with Crippen molar-refractivity contribution in [3.63, 3.8) is 0 Å². The van der Waals surface area contributed by atoms with Crippen LogP contribution in [0.2, 0.25) is 0 Å². The van der Waals surface area contributed by atoms with E-state index in [-0.39, 0.29) is 11.9 Å². The number of carbonyl (C=O) groups is 1. The van der Waals surface area contributed by atoms with Crippen LogP contribution in [0.3, 0.4) is 0 Å². The fraction of sp³-hybridized carbons (Fsp3) is 0.105. The van der Waals surface area contributed by atoms with E-state index >= 15 is 0 Å². The number of benzene rings is 2. The van der Waals surface area contributed by atoms with Gasteiger partial charge in [-0.3, -0.25) is 9.00 Å². The van der Waals surface area contributed by atoms with E-state index in [1.807, 2.05) is 36.4 Å². The average molecular weight is 339 g/mol. The van der Waals surface area contributed by atoms with E-state index in [9.17, 15) is 9.00 Å². The Kier molecular flexibility index (Phi) is 4.91. The van der Waals surface area contributed by atoms with E-state index in [0.717, 1.165) is 5.56 Å². The number of hydrogen-bond acceptors (Lipinski definition) is 3. The Balaban J connectivity index is 1.85. The first-order chi connectivity index (χ1) is 11.6. The lowest BCUT2D eigenvalue weighted by molar-refractivity contribution is 0.0939. The molecule has 122 valence electrons. The molecule has 1 heterocycles. The largest absolute Gasteiger partial charge is 0.467 e. The summed E-state index contributed by atoms with van der Waals surface area (Å²) in [6.45, 7) is 0. The highest BCUT2D eigenvalue weighted by molar-refractivity contribution is 7.84. The van der Waals surface area contributed by atoms with Crippen molar-refractivity contribution in [1.29, 1.82) is 0 Å². The maximum Gasteiger partial charge on any atom is 0.252 e. The molecule has 24 heavy (non-hydrogen) atoms. The summed E-state index contributed by atoms with van der Waals surface area (Å²) in [5.74, 6) is 0.453. The van der Waals surface area contributed by atoms with Crippen LogP contribution in [-0.4, -0.2) is 16.4 Å². The van der Waals surface area contributed by atoms with Gasteiger partial charge in [-0.15, -0.1) is 0 Å². The number of amides is 1. The SMILES string of the molecule is CS(=O)c1ccc(C(=O)NC(c2ccccc2)c2ccco2)cc1. The van der Waals surface area contributed by atoms with Gasteiger partial charge in [-0.05, 0) is 42.0 Å². The minimum atomic E-state index is -1.06. The van der Waals surface area contributed by atoms with Gasteiger partial charge in [0.15, 0.2) is 0 Å². The highest BCUT2D eigenvalue weighted by Crippen LogP contribution is 2.23. The molecule has 5 heteroatoms. The first kappa shape index (κ1) is 16.2. The van der Waals surface area contributed by atoms with Crippen molar-refractivity contribution in [1.82, 2.24) is 5.32 Å². The molecule has 3 rings (SSSR count). The summed E-state index contributed by atoms with van der Waals surface area (Å²) in [6.07, 6.45) is 3.19. The van der Waals surface area contributed by atoms with Gasteiger partial charge in [0.1, 0.15) is 11.8 Å². The van der Waals surface area contributed by atoms with Crippen LogP contribution in [0, 0.1) is 0 Å². The molecule has 0 saturated carbocycles. The molecular weight excluding hydrogens is 322 g/mol. The lowest BCUT2D eigenvalue weighted by Crippen LogP contribution is -2.29. The van der Waals surface area contributed by atoms with Gasteiger partial charge in [0.05, 0.1) is 6.26 Å². The van der Waals surface area contributed by atoms with Gasteiger partial charge in [0.2, 0.25) is 0 Å². The highest BCUT2D eigenvalue weighted by Gasteiger charge is 2.20. The molecule has 4 nitrogen and oxygen atoms in total. The molecule has 1 N–H and O–H groups in total. The molecule has 0 aliphatic rings. The zero-order valence-corrected chi connectivity index (χ0v) is 14.0. The number of nitrogens with one attached hydrogen (secondary N) is 1. The van der Waals surface area contributed by atoms with Gasteiger partial charge in [-0.2, -0.15) is 0 Å². The second-order valence-corrected chi connectivity index (χ2v) is 6.69. The monoisotopic (exact) mass is 339 g/mol. The maximum absolute atomic E-state index is 12.6. The van der Waals surface area contributed by atoms with Crippen LogP contribution in [0.4, 0.5) is 0 Å². The molecular formula is C19H17NO3S. The molecule has 0 saturated heterocycles. The van der Waals surface area contributed by atoms with Gasteiger partial charge in [0, 0.05) is 27.5 Å². The van der Waals surface area contributed by atoms with E-state index < -0.39 is 10.8 Å². The lowest BCUT2D eigenvalue weighted by Gasteiger charge is -2.17. The normalized spacial score (nSPS) is 13.2. The van der Waals surface area contributed by atoms with Gasteiger partial charge in [-0.1, -0.05) is 30.3 Å². The molecule has 2 atom stereocenters. The number of rotatable bonds is 5. The van der Waals surface area contributed by atoms with E-state index in [1.54, 1.807) is 42.9 Å². The molecule has 2 aromatic carbocycles. The summed E-state index contributed by atoms with van der Waals surface area (Å²) < 4.78 is 16.9. The Hall–Kier alpha value is -2.66. The smallest absolute Gasteiger partial charge is 0.252 e. The standard InChI is InChI=1S/C19H17NO3S/c1-24(22)16-11-9-15(10-12-16)19(21)20-18(17-8-5-13-23-17)14-6-3-2-4-7-14/h2-13,18H,1H3,(H,20,21). The van der Waals surface area contributed by atoms with Crippen LogP contribution in [0.1, 0.15) is 27.7 Å². The molecule has 0 bridgehead atoms. The maximum atomic E-state index is 12.6. The van der Waals surface area contributed by atoms with Crippen molar-refractivity contribution >= 4 is 16.7 Å². The van der Waals surface area contributed by atoms with Gasteiger partial charge in [-0.25, -0.2) is 0 Å². The second kappa shape index (κ2) is 7.27. The Morgan fingerprint density at radius 2 is 1.71 bits per heavy atom. The second-order valence-electron chi connectivity index (χ2n) is 5.31. The van der Waals surface area contributed by atoms with Crippen molar-refractivity contribution in [3.05, 3.63) is 89.9 Å². The highest BCUT2D eigenvalue weighted by atomic mass is 32.2. The minimum Gasteiger partial charge on any atom is -0.467 e. The quantitative estimate of drug-likeness (QED) is 0.773. The third-order valence-corrected chi connectivity index (χ3v) is 4.62. The summed E-state index contributed by atoms with van der Waals surface area (Å²) in [4.78, 5) is 13.3. The van der Waals surface area contributed by atoms with Crippen LogP contribution >= 0.6 is 0 Å². The summed E-state index contributed by atoms with van der Waals surface area (Å²) in [5.41, 5.74) is 1.45. The zero-order valence-electron chi connectivity index (χ0n) is 13.1. The average Bonchev–Trinajstić information content (AvgIpc) is 3.14. The summed E-state index contributed by atoms with van der Waals surface area (Å²) in [6, 6.07) is 19.7. The van der Waals surface area contributed by atoms with Crippen LogP contribution in [0.15, 0.2) is 82.3 Å². The predicted molar refractivity (Wildman–Crippen MR) is 93.2 cm³/mol. The molecule has 0 radical (unpaired) electrons. The third kappa shape index (κ3) is 3.63. The molecule has 0 spiro atoms. The fourth-order valence-corrected chi connectivity index (χ4v) is 2.95. The van der Waals surface area contributed by atoms with Crippen molar-refractivity contribution in [3.8, 4) is 0 Å². The van der Waals surface area contributed by atoms with Crippen molar-refractivity contribution in [2.75, 3.05) is 6.26 Å². The molecule has 0 fully saturated rings. The van der Waals surface area contributed by atoms with Crippen LogP contribution < -0.4 is 5.32 Å². The van der Waals surface area contributed by atoms with E-state index in [1.165, 1.54) is 0 Å². The molecule has 1 amide bonds. The third-order valence-electron chi connectivity index (χ3n) is 3.68. The first-order valence-corrected chi connectivity index (χ1v) is 9.03. The molecule has 0 aliphatic heterocycles. The van der Waals surface area contributed by atoms with Crippen molar-refractivity contribution in [2.24, 2.45) is 0 Å². The van der Waals surface area contributed by atoms with Crippen LogP contribution in [0.5, 0.6) is 0 Å². The summed E-state index contributed by atoms with van der Waals surface area (Å²) in [7, 11) is -1.06. The van der Waals surface area contributed by atoms with Crippen LogP contribution in [0.25, 0.3) is 0 Å².